The largest absolute Gasteiger partial charge is 0.497 e. The highest BCUT2D eigenvalue weighted by molar-refractivity contribution is 5.90. The third-order valence-electron chi connectivity index (χ3n) is 4.51. The van der Waals surface area contributed by atoms with Gasteiger partial charge in [-0.05, 0) is 42.5 Å². The molecule has 30 heavy (non-hydrogen) atoms. The zero-order chi connectivity index (χ0) is 21.3. The second-order valence-corrected chi connectivity index (χ2v) is 6.49. The third kappa shape index (κ3) is 3.77. The normalized spacial score (nSPS) is 10.9. The van der Waals surface area contributed by atoms with Crippen LogP contribution < -0.4 is 15.6 Å². The molecule has 0 spiro atoms. The maximum absolute atomic E-state index is 13.7. The minimum absolute atomic E-state index is 0.165. The van der Waals surface area contributed by atoms with Crippen LogP contribution in [0.2, 0.25) is 0 Å². The van der Waals surface area contributed by atoms with Gasteiger partial charge < -0.3 is 14.6 Å². The Morgan fingerprint density at radius 2 is 1.87 bits per heavy atom. The van der Waals surface area contributed by atoms with E-state index in [1.54, 1.807) is 31.5 Å². The monoisotopic (exact) mass is 410 g/mol. The van der Waals surface area contributed by atoms with Crippen LogP contribution in [0.5, 0.6) is 5.75 Å². The molecular formula is C21H16F2N4O3. The number of rotatable bonds is 5. The Morgan fingerprint density at radius 3 is 2.57 bits per heavy atom. The van der Waals surface area contributed by atoms with Gasteiger partial charge in [-0.1, -0.05) is 0 Å². The van der Waals surface area contributed by atoms with Gasteiger partial charge in [0.2, 0.25) is 5.91 Å². The first-order chi connectivity index (χ1) is 14.4. The summed E-state index contributed by atoms with van der Waals surface area (Å²) in [5.74, 6) is -1.57. The van der Waals surface area contributed by atoms with Gasteiger partial charge in [-0.2, -0.15) is 5.10 Å². The fraction of sp³-hybridized carbons (Fsp3) is 0.0952. The Morgan fingerprint density at radius 1 is 1.10 bits per heavy atom. The first kappa shape index (κ1) is 19.3. The Hall–Kier alpha value is -4.01. The smallest absolute Gasteiger partial charge is 0.277 e. The van der Waals surface area contributed by atoms with Crippen LogP contribution in [-0.4, -0.2) is 27.2 Å². The van der Waals surface area contributed by atoms with Gasteiger partial charge in [0.15, 0.2) is 0 Å². The lowest BCUT2D eigenvalue weighted by Crippen LogP contribution is -2.28. The molecule has 2 aromatic carbocycles. The number of anilines is 1. The number of aromatic nitrogens is 3. The number of nitrogens with zero attached hydrogens (tertiary/aromatic N) is 3. The highest BCUT2D eigenvalue weighted by Crippen LogP contribution is 2.21. The van der Waals surface area contributed by atoms with Gasteiger partial charge in [-0.3, -0.25) is 9.59 Å². The zero-order valence-electron chi connectivity index (χ0n) is 15.8. The molecule has 0 saturated carbocycles. The van der Waals surface area contributed by atoms with E-state index in [-0.39, 0.29) is 17.7 Å². The summed E-state index contributed by atoms with van der Waals surface area (Å²) in [4.78, 5) is 25.0. The minimum atomic E-state index is -0.897. The number of carbonyl (C=O) groups excluding carboxylic acids is 1. The van der Waals surface area contributed by atoms with Gasteiger partial charge in [-0.25, -0.2) is 13.3 Å². The molecule has 2 heterocycles. The summed E-state index contributed by atoms with van der Waals surface area (Å²) in [6, 6.07) is 11.7. The van der Waals surface area contributed by atoms with Crippen molar-refractivity contribution in [3.8, 4) is 17.0 Å². The van der Waals surface area contributed by atoms with Crippen molar-refractivity contribution in [1.29, 1.82) is 0 Å². The van der Waals surface area contributed by atoms with E-state index in [1.807, 2.05) is 12.1 Å². The number of benzene rings is 2. The standard InChI is InChI=1S/C21H16F2N4O3/c1-30-15-5-2-13(3-6-15)18-11-19-21(29)26(8-9-27(19)25-18)12-20(28)24-17-7-4-14(22)10-16(17)23/h2-11H,12H2,1H3,(H,24,28). The van der Waals surface area contributed by atoms with Crippen molar-refractivity contribution in [3.63, 3.8) is 0 Å². The predicted octanol–water partition coefficient (Wildman–Crippen LogP) is 3.09. The van der Waals surface area contributed by atoms with E-state index < -0.39 is 23.1 Å². The summed E-state index contributed by atoms with van der Waals surface area (Å²) >= 11 is 0. The molecule has 1 amide bonds. The van der Waals surface area contributed by atoms with Gasteiger partial charge in [0.1, 0.15) is 29.4 Å². The van der Waals surface area contributed by atoms with Crippen molar-refractivity contribution in [1.82, 2.24) is 14.2 Å². The van der Waals surface area contributed by atoms with Gasteiger partial charge in [0.25, 0.3) is 5.56 Å². The maximum Gasteiger partial charge on any atom is 0.277 e. The third-order valence-corrected chi connectivity index (χ3v) is 4.51. The van der Waals surface area contributed by atoms with Crippen molar-refractivity contribution in [3.05, 3.63) is 82.9 Å². The summed E-state index contributed by atoms with van der Waals surface area (Å²) in [5, 5.41) is 6.71. The van der Waals surface area contributed by atoms with E-state index >= 15 is 0 Å². The van der Waals surface area contributed by atoms with Crippen LogP contribution in [-0.2, 0) is 11.3 Å². The molecule has 7 nitrogen and oxygen atoms in total. The summed E-state index contributed by atoms with van der Waals surface area (Å²) in [5.41, 5.74) is 1.07. The molecule has 4 rings (SSSR count). The van der Waals surface area contributed by atoms with Crippen molar-refractivity contribution in [2.45, 2.75) is 6.54 Å². The average Bonchev–Trinajstić information content (AvgIpc) is 3.17. The molecule has 0 atom stereocenters. The van der Waals surface area contributed by atoms with Crippen LogP contribution in [0, 0.1) is 11.6 Å². The molecule has 9 heteroatoms. The number of ether oxygens (including phenoxy) is 1. The second kappa shape index (κ2) is 7.78. The quantitative estimate of drug-likeness (QED) is 0.549. The van der Waals surface area contributed by atoms with Crippen LogP contribution >= 0.6 is 0 Å². The Kier molecular flexibility index (Phi) is 5.01. The van der Waals surface area contributed by atoms with Crippen LogP contribution in [0.4, 0.5) is 14.5 Å². The molecule has 2 aromatic heterocycles. The van der Waals surface area contributed by atoms with E-state index in [0.717, 1.165) is 17.7 Å². The van der Waals surface area contributed by atoms with E-state index in [4.69, 9.17) is 4.74 Å². The molecule has 4 aromatic rings. The molecule has 0 fully saturated rings. The minimum Gasteiger partial charge on any atom is -0.497 e. The number of methoxy groups -OCH3 is 1. The fourth-order valence-electron chi connectivity index (χ4n) is 2.99. The first-order valence-electron chi connectivity index (χ1n) is 8.93. The van der Waals surface area contributed by atoms with E-state index in [1.165, 1.54) is 15.3 Å². The number of halogens is 2. The molecule has 0 aliphatic heterocycles. The number of fused-ring (bicyclic) bond motifs is 1. The lowest BCUT2D eigenvalue weighted by atomic mass is 10.1. The Labute approximate surface area is 169 Å². The number of nitrogens with one attached hydrogen (secondary N) is 1. The molecule has 152 valence electrons. The molecule has 0 saturated heterocycles. The van der Waals surface area contributed by atoms with Crippen LogP contribution in [0.25, 0.3) is 16.8 Å². The highest BCUT2D eigenvalue weighted by atomic mass is 19.1. The number of amides is 1. The summed E-state index contributed by atoms with van der Waals surface area (Å²) < 4.78 is 34.4. The van der Waals surface area contributed by atoms with Crippen molar-refractivity contribution in [2.75, 3.05) is 12.4 Å². The summed E-state index contributed by atoms with van der Waals surface area (Å²) in [7, 11) is 1.57. The zero-order valence-corrected chi connectivity index (χ0v) is 15.8. The average molecular weight is 410 g/mol. The lowest BCUT2D eigenvalue weighted by Gasteiger charge is -2.08. The Balaban J connectivity index is 1.58. The number of carbonyl (C=O) groups is 1. The predicted molar refractivity (Wildman–Crippen MR) is 106 cm³/mol. The Bertz CT molecular complexity index is 1300. The summed E-state index contributed by atoms with van der Waals surface area (Å²) in [6.45, 7) is -0.338. The second-order valence-electron chi connectivity index (χ2n) is 6.49. The van der Waals surface area contributed by atoms with Crippen molar-refractivity contribution < 1.29 is 18.3 Å². The number of hydrogen-bond acceptors (Lipinski definition) is 4. The van der Waals surface area contributed by atoms with E-state index in [0.29, 0.717) is 17.5 Å². The number of hydrogen-bond donors (Lipinski definition) is 1. The van der Waals surface area contributed by atoms with Gasteiger partial charge >= 0.3 is 0 Å². The molecule has 0 unspecified atom stereocenters. The van der Waals surface area contributed by atoms with Gasteiger partial charge in [0, 0.05) is 24.0 Å². The first-order valence-corrected chi connectivity index (χ1v) is 8.93. The fourth-order valence-corrected chi connectivity index (χ4v) is 2.99. The van der Waals surface area contributed by atoms with Gasteiger partial charge in [0.05, 0.1) is 18.5 Å². The molecular weight excluding hydrogens is 394 g/mol. The molecule has 1 N–H and O–H groups in total. The van der Waals surface area contributed by atoms with Crippen molar-refractivity contribution in [2.24, 2.45) is 0 Å². The van der Waals surface area contributed by atoms with E-state index in [2.05, 4.69) is 10.4 Å². The van der Waals surface area contributed by atoms with Gasteiger partial charge in [-0.15, -0.1) is 0 Å². The molecule has 0 bridgehead atoms. The molecule has 0 aliphatic carbocycles. The molecule has 0 radical (unpaired) electrons. The summed E-state index contributed by atoms with van der Waals surface area (Å²) in [6.07, 6.45) is 2.97. The highest BCUT2D eigenvalue weighted by Gasteiger charge is 2.13. The topological polar surface area (TPSA) is 77.6 Å². The van der Waals surface area contributed by atoms with Crippen molar-refractivity contribution >= 4 is 17.1 Å². The lowest BCUT2D eigenvalue weighted by molar-refractivity contribution is -0.116. The molecule has 0 aliphatic rings. The van der Waals surface area contributed by atoms with Crippen LogP contribution in [0.15, 0.2) is 65.7 Å². The van der Waals surface area contributed by atoms with E-state index in [9.17, 15) is 18.4 Å². The van der Waals surface area contributed by atoms with Crippen LogP contribution in [0.1, 0.15) is 0 Å². The van der Waals surface area contributed by atoms with Crippen LogP contribution in [0.3, 0.4) is 0 Å². The SMILES string of the molecule is COc1ccc(-c2cc3c(=O)n(CC(=O)Nc4ccc(F)cc4F)ccn3n2)cc1. The maximum atomic E-state index is 13.7.